The maximum absolute atomic E-state index is 13.5. The number of halogens is 2. The summed E-state index contributed by atoms with van der Waals surface area (Å²) in [4.78, 5) is 0. The molecule has 20 heavy (non-hydrogen) atoms. The Bertz CT molecular complexity index is 601. The van der Waals surface area contributed by atoms with Crippen molar-refractivity contribution >= 4 is 5.69 Å². The van der Waals surface area contributed by atoms with Crippen LogP contribution in [-0.2, 0) is 0 Å². The summed E-state index contributed by atoms with van der Waals surface area (Å²) < 4.78 is 26.7. The monoisotopic (exact) mass is 273 g/mol. The number of hydrogen-bond acceptors (Lipinski definition) is 1. The summed E-state index contributed by atoms with van der Waals surface area (Å²) in [6, 6.07) is 13.0. The minimum atomic E-state index is -0.801. The first-order chi connectivity index (χ1) is 9.63. The smallest absolute Gasteiger partial charge is 0.181 e. The van der Waals surface area contributed by atoms with Gasteiger partial charge in [-0.3, -0.25) is 0 Å². The van der Waals surface area contributed by atoms with Crippen molar-refractivity contribution in [3.8, 4) is 0 Å². The summed E-state index contributed by atoms with van der Waals surface area (Å²) in [5.41, 5.74) is 2.84. The fourth-order valence-electron chi connectivity index (χ4n) is 2.68. The number of hydrogen-bond donors (Lipinski definition) is 1. The first-order valence-corrected chi connectivity index (χ1v) is 6.90. The van der Waals surface area contributed by atoms with Gasteiger partial charge in [0, 0.05) is 6.04 Å². The Hall–Kier alpha value is -1.90. The van der Waals surface area contributed by atoms with E-state index in [0.717, 1.165) is 18.9 Å². The molecule has 1 aliphatic carbocycles. The van der Waals surface area contributed by atoms with E-state index in [4.69, 9.17) is 0 Å². The van der Waals surface area contributed by atoms with E-state index in [0.29, 0.717) is 5.92 Å². The predicted octanol–water partition coefficient (Wildman–Crippen LogP) is 4.63. The largest absolute Gasteiger partial charge is 0.380 e. The van der Waals surface area contributed by atoms with Gasteiger partial charge in [-0.2, -0.15) is 0 Å². The molecule has 0 aliphatic heterocycles. The van der Waals surface area contributed by atoms with Crippen LogP contribution in [-0.4, -0.2) is 6.04 Å². The number of rotatable bonds is 3. The summed E-state index contributed by atoms with van der Waals surface area (Å²) in [5, 5.41) is 3.08. The Morgan fingerprint density at radius 1 is 1.00 bits per heavy atom. The number of nitrogens with one attached hydrogen (secondary N) is 1. The van der Waals surface area contributed by atoms with Crippen molar-refractivity contribution in [1.29, 1.82) is 0 Å². The molecule has 0 unspecified atom stereocenters. The van der Waals surface area contributed by atoms with Crippen molar-refractivity contribution in [2.75, 3.05) is 5.32 Å². The Kier molecular flexibility index (Phi) is 3.43. The van der Waals surface area contributed by atoms with E-state index < -0.39 is 11.6 Å². The topological polar surface area (TPSA) is 12.0 Å². The van der Waals surface area contributed by atoms with E-state index in [1.807, 2.05) is 0 Å². The molecule has 104 valence electrons. The molecule has 2 aromatic carbocycles. The molecule has 1 fully saturated rings. The Morgan fingerprint density at radius 3 is 2.40 bits per heavy atom. The van der Waals surface area contributed by atoms with Crippen LogP contribution in [0.5, 0.6) is 0 Å². The van der Waals surface area contributed by atoms with Gasteiger partial charge in [-0.1, -0.05) is 35.9 Å². The van der Waals surface area contributed by atoms with Crippen LogP contribution in [0.3, 0.4) is 0 Å². The highest BCUT2D eigenvalue weighted by atomic mass is 19.2. The highest BCUT2D eigenvalue weighted by molar-refractivity contribution is 5.46. The summed E-state index contributed by atoms with van der Waals surface area (Å²) in [6.45, 7) is 2.07. The fourth-order valence-corrected chi connectivity index (χ4v) is 2.68. The molecule has 1 N–H and O–H groups in total. The molecule has 3 heteroatoms. The van der Waals surface area contributed by atoms with Gasteiger partial charge < -0.3 is 5.32 Å². The lowest BCUT2D eigenvalue weighted by molar-refractivity contribution is 0.372. The number of benzene rings is 2. The zero-order valence-corrected chi connectivity index (χ0v) is 11.4. The lowest BCUT2D eigenvalue weighted by Crippen LogP contribution is -2.34. The van der Waals surface area contributed by atoms with E-state index in [-0.39, 0.29) is 11.7 Å². The van der Waals surface area contributed by atoms with Crippen LogP contribution >= 0.6 is 0 Å². The van der Waals surface area contributed by atoms with Gasteiger partial charge in [0.1, 0.15) is 0 Å². The van der Waals surface area contributed by atoms with Crippen LogP contribution in [0.25, 0.3) is 0 Å². The number of aryl methyl sites for hydroxylation is 1. The summed E-state index contributed by atoms with van der Waals surface area (Å²) in [5.74, 6) is -1.07. The van der Waals surface area contributed by atoms with Crippen molar-refractivity contribution in [2.45, 2.75) is 31.7 Å². The fraction of sp³-hybridized carbons (Fsp3) is 0.294. The second-order valence-corrected chi connectivity index (χ2v) is 5.52. The van der Waals surface area contributed by atoms with E-state index in [2.05, 4.69) is 36.5 Å². The van der Waals surface area contributed by atoms with Gasteiger partial charge in [-0.15, -0.1) is 0 Å². The zero-order valence-electron chi connectivity index (χ0n) is 11.4. The quantitative estimate of drug-likeness (QED) is 0.859. The maximum Gasteiger partial charge on any atom is 0.181 e. The van der Waals surface area contributed by atoms with E-state index in [1.54, 1.807) is 6.07 Å². The second-order valence-electron chi connectivity index (χ2n) is 5.52. The molecule has 0 heterocycles. The molecular weight excluding hydrogens is 256 g/mol. The third-order valence-corrected chi connectivity index (χ3v) is 4.00. The van der Waals surface area contributed by atoms with E-state index >= 15 is 0 Å². The molecule has 2 aromatic rings. The van der Waals surface area contributed by atoms with Crippen LogP contribution in [0.15, 0.2) is 42.5 Å². The van der Waals surface area contributed by atoms with Crippen molar-refractivity contribution in [1.82, 2.24) is 0 Å². The lowest BCUT2D eigenvalue weighted by Gasteiger charge is -2.37. The van der Waals surface area contributed by atoms with Gasteiger partial charge in [0.15, 0.2) is 11.6 Å². The molecule has 0 amide bonds. The zero-order chi connectivity index (χ0) is 14.1. The van der Waals surface area contributed by atoms with Gasteiger partial charge in [0.2, 0.25) is 0 Å². The van der Waals surface area contributed by atoms with Crippen molar-refractivity contribution in [3.05, 3.63) is 65.2 Å². The summed E-state index contributed by atoms with van der Waals surface area (Å²) >= 11 is 0. The third kappa shape index (κ3) is 2.53. The molecule has 0 spiro atoms. The highest BCUT2D eigenvalue weighted by Gasteiger charge is 2.30. The first-order valence-electron chi connectivity index (χ1n) is 6.90. The van der Waals surface area contributed by atoms with Gasteiger partial charge >= 0.3 is 0 Å². The van der Waals surface area contributed by atoms with Crippen LogP contribution in [0.4, 0.5) is 14.5 Å². The summed E-state index contributed by atoms with van der Waals surface area (Å²) in [7, 11) is 0. The molecule has 3 rings (SSSR count). The van der Waals surface area contributed by atoms with Crippen molar-refractivity contribution in [3.63, 3.8) is 0 Å². The van der Waals surface area contributed by atoms with Gasteiger partial charge in [-0.05, 0) is 43.4 Å². The molecule has 1 saturated carbocycles. The first kappa shape index (κ1) is 13.1. The molecule has 0 saturated heterocycles. The van der Waals surface area contributed by atoms with Gasteiger partial charge in [0.25, 0.3) is 0 Å². The van der Waals surface area contributed by atoms with Crippen LogP contribution in [0, 0.1) is 18.6 Å². The molecule has 0 bridgehead atoms. The SMILES string of the molecule is Cc1ccc(C2CC(Nc3cccc(F)c3F)C2)cc1. The highest BCUT2D eigenvalue weighted by Crippen LogP contribution is 2.38. The minimum Gasteiger partial charge on any atom is -0.380 e. The Labute approximate surface area is 117 Å². The van der Waals surface area contributed by atoms with Gasteiger partial charge in [-0.25, -0.2) is 8.78 Å². The average Bonchev–Trinajstić information content (AvgIpc) is 2.39. The van der Waals surface area contributed by atoms with E-state index in [1.165, 1.54) is 17.2 Å². The normalized spacial score (nSPS) is 21.4. The van der Waals surface area contributed by atoms with Crippen LogP contribution in [0.1, 0.15) is 29.9 Å². The molecule has 1 nitrogen and oxygen atoms in total. The lowest BCUT2D eigenvalue weighted by atomic mass is 9.75. The van der Waals surface area contributed by atoms with Gasteiger partial charge in [0.05, 0.1) is 5.69 Å². The van der Waals surface area contributed by atoms with Crippen molar-refractivity contribution < 1.29 is 8.78 Å². The van der Waals surface area contributed by atoms with Crippen LogP contribution in [0.2, 0.25) is 0 Å². The number of anilines is 1. The van der Waals surface area contributed by atoms with Crippen molar-refractivity contribution in [2.24, 2.45) is 0 Å². The second kappa shape index (κ2) is 5.23. The predicted molar refractivity (Wildman–Crippen MR) is 76.9 cm³/mol. The Morgan fingerprint density at radius 2 is 1.70 bits per heavy atom. The average molecular weight is 273 g/mol. The molecule has 0 aromatic heterocycles. The molecule has 0 radical (unpaired) electrons. The molecule has 0 atom stereocenters. The third-order valence-electron chi connectivity index (χ3n) is 4.00. The molecule has 1 aliphatic rings. The minimum absolute atomic E-state index is 0.220. The Balaban J connectivity index is 1.61. The maximum atomic E-state index is 13.5. The van der Waals surface area contributed by atoms with E-state index in [9.17, 15) is 8.78 Å². The standard InChI is InChI=1S/C17H17F2N/c1-11-5-7-12(8-6-11)13-9-14(10-13)20-16-4-2-3-15(18)17(16)19/h2-8,13-14,20H,9-10H2,1H3. The van der Waals surface area contributed by atoms with Crippen LogP contribution < -0.4 is 5.32 Å². The summed E-state index contributed by atoms with van der Waals surface area (Å²) in [6.07, 6.45) is 1.91. The molecular formula is C17H17F2N.